The Kier molecular flexibility index (Phi) is 9.95. The molecule has 0 radical (unpaired) electrons. The van der Waals surface area contributed by atoms with Crippen molar-refractivity contribution in [1.29, 1.82) is 0 Å². The lowest BCUT2D eigenvalue weighted by molar-refractivity contribution is 0.448. The molecule has 1 aliphatic carbocycles. The van der Waals surface area contributed by atoms with E-state index in [0.29, 0.717) is 29.9 Å². The summed E-state index contributed by atoms with van der Waals surface area (Å²) in [6.07, 6.45) is 12.7. The van der Waals surface area contributed by atoms with Gasteiger partial charge in [-0.3, -0.25) is 0 Å². The van der Waals surface area contributed by atoms with E-state index in [9.17, 15) is 4.39 Å². The van der Waals surface area contributed by atoms with Crippen LogP contribution in [0, 0.1) is 23.5 Å². The third-order valence-electron chi connectivity index (χ3n) is 7.87. The highest BCUT2D eigenvalue weighted by Gasteiger charge is 2.26. The van der Waals surface area contributed by atoms with E-state index in [1.54, 1.807) is 0 Å². The van der Waals surface area contributed by atoms with Crippen molar-refractivity contribution in [1.82, 2.24) is 0 Å². The molecule has 3 atom stereocenters. The predicted molar refractivity (Wildman–Crippen MR) is 137 cm³/mol. The summed E-state index contributed by atoms with van der Waals surface area (Å²) in [5.41, 5.74) is 4.87. The van der Waals surface area contributed by atoms with Crippen LogP contribution in [0.1, 0.15) is 113 Å². The third-order valence-corrected chi connectivity index (χ3v) is 7.87. The summed E-state index contributed by atoms with van der Waals surface area (Å²) in [5.74, 6) is 0.299. The molecule has 0 fully saturated rings. The zero-order valence-electron chi connectivity index (χ0n) is 21.4. The molecule has 3 rings (SSSR count). The van der Waals surface area contributed by atoms with Crippen molar-refractivity contribution in [2.24, 2.45) is 11.8 Å². The standard InChI is InChI=1S/C31H44F2/c1-5-7-10-23(4)19-28-20-27-18-17-26(21-29(27)31(33)30(28)32)25-15-13-24(14-16-25)12-9-8-11-22(3)6-2/h13-16,20,22-23,26H,5-12,17-19,21H2,1-4H3. The van der Waals surface area contributed by atoms with Gasteiger partial charge in [-0.2, -0.15) is 0 Å². The first-order chi connectivity index (χ1) is 15.9. The molecular formula is C31H44F2. The first kappa shape index (κ1) is 25.9. The van der Waals surface area contributed by atoms with Crippen molar-refractivity contribution >= 4 is 0 Å². The van der Waals surface area contributed by atoms with Gasteiger partial charge in [0.15, 0.2) is 11.6 Å². The molecule has 3 unspecified atom stereocenters. The van der Waals surface area contributed by atoms with Crippen LogP contribution in [0.2, 0.25) is 0 Å². The first-order valence-corrected chi connectivity index (χ1v) is 13.5. The lowest BCUT2D eigenvalue weighted by Gasteiger charge is -2.27. The average Bonchev–Trinajstić information content (AvgIpc) is 2.83. The van der Waals surface area contributed by atoms with E-state index in [2.05, 4.69) is 52.0 Å². The summed E-state index contributed by atoms with van der Waals surface area (Å²) in [6.45, 7) is 8.92. The number of benzene rings is 2. The Morgan fingerprint density at radius 2 is 1.64 bits per heavy atom. The van der Waals surface area contributed by atoms with Crippen LogP contribution in [0.3, 0.4) is 0 Å². The van der Waals surface area contributed by atoms with Crippen LogP contribution in [-0.4, -0.2) is 0 Å². The largest absolute Gasteiger partial charge is 0.203 e. The van der Waals surface area contributed by atoms with Crippen molar-refractivity contribution in [3.63, 3.8) is 0 Å². The minimum absolute atomic E-state index is 0.278. The quantitative estimate of drug-likeness (QED) is 0.280. The second-order valence-corrected chi connectivity index (χ2v) is 10.7. The van der Waals surface area contributed by atoms with Gasteiger partial charge in [-0.15, -0.1) is 0 Å². The lowest BCUT2D eigenvalue weighted by Crippen LogP contribution is -2.17. The van der Waals surface area contributed by atoms with Crippen molar-refractivity contribution in [3.8, 4) is 0 Å². The van der Waals surface area contributed by atoms with Crippen molar-refractivity contribution in [2.45, 2.75) is 111 Å². The van der Waals surface area contributed by atoms with Crippen LogP contribution in [0.15, 0.2) is 30.3 Å². The second-order valence-electron chi connectivity index (χ2n) is 10.7. The number of hydrogen-bond donors (Lipinski definition) is 0. The molecule has 2 heteroatoms. The van der Waals surface area contributed by atoms with E-state index in [1.165, 1.54) is 36.8 Å². The zero-order valence-corrected chi connectivity index (χ0v) is 21.4. The maximum Gasteiger partial charge on any atom is 0.162 e. The summed E-state index contributed by atoms with van der Waals surface area (Å²) in [6, 6.07) is 10.9. The predicted octanol–water partition coefficient (Wildman–Crippen LogP) is 9.36. The fraction of sp³-hybridized carbons (Fsp3) is 0.613. The van der Waals surface area contributed by atoms with Gasteiger partial charge in [-0.1, -0.05) is 96.6 Å². The van der Waals surface area contributed by atoms with Crippen LogP contribution in [0.4, 0.5) is 8.78 Å². The smallest absolute Gasteiger partial charge is 0.162 e. The maximum absolute atomic E-state index is 15.1. The highest BCUT2D eigenvalue weighted by molar-refractivity contribution is 5.39. The Bertz CT molecular complexity index is 867. The topological polar surface area (TPSA) is 0 Å². The molecule has 0 N–H and O–H groups in total. The molecule has 182 valence electrons. The Hall–Kier alpha value is -1.70. The number of aryl methyl sites for hydroxylation is 2. The van der Waals surface area contributed by atoms with Crippen molar-refractivity contribution < 1.29 is 8.78 Å². The van der Waals surface area contributed by atoms with Gasteiger partial charge in [0.1, 0.15) is 0 Å². The summed E-state index contributed by atoms with van der Waals surface area (Å²) >= 11 is 0. The Morgan fingerprint density at radius 3 is 2.33 bits per heavy atom. The number of unbranched alkanes of at least 4 members (excludes halogenated alkanes) is 2. The van der Waals surface area contributed by atoms with Crippen LogP contribution in [0.5, 0.6) is 0 Å². The van der Waals surface area contributed by atoms with Gasteiger partial charge in [0, 0.05) is 0 Å². The highest BCUT2D eigenvalue weighted by Crippen LogP contribution is 2.36. The number of rotatable bonds is 12. The van der Waals surface area contributed by atoms with E-state index in [1.807, 2.05) is 6.07 Å². The molecule has 0 nitrogen and oxygen atoms in total. The SMILES string of the molecule is CCCCC(C)Cc1cc2c(c(F)c1F)CC(c1ccc(CCCCC(C)CC)cc1)CC2. The molecule has 1 aliphatic rings. The highest BCUT2D eigenvalue weighted by atomic mass is 19.2. The summed E-state index contributed by atoms with van der Waals surface area (Å²) < 4.78 is 30.0. The molecule has 0 bridgehead atoms. The lowest BCUT2D eigenvalue weighted by atomic mass is 9.78. The van der Waals surface area contributed by atoms with E-state index in [4.69, 9.17) is 0 Å². The zero-order chi connectivity index (χ0) is 23.8. The summed E-state index contributed by atoms with van der Waals surface area (Å²) in [5, 5.41) is 0. The molecule has 33 heavy (non-hydrogen) atoms. The number of fused-ring (bicyclic) bond motifs is 1. The van der Waals surface area contributed by atoms with Crippen LogP contribution < -0.4 is 0 Å². The molecule has 0 spiro atoms. The van der Waals surface area contributed by atoms with E-state index in [-0.39, 0.29) is 5.92 Å². The van der Waals surface area contributed by atoms with Gasteiger partial charge in [0.2, 0.25) is 0 Å². The molecule has 0 amide bonds. The van der Waals surface area contributed by atoms with Gasteiger partial charge < -0.3 is 0 Å². The van der Waals surface area contributed by atoms with Gasteiger partial charge >= 0.3 is 0 Å². The molecule has 0 saturated carbocycles. The minimum atomic E-state index is -0.606. The fourth-order valence-corrected chi connectivity index (χ4v) is 5.34. The van der Waals surface area contributed by atoms with E-state index in [0.717, 1.165) is 50.0 Å². The second kappa shape index (κ2) is 12.7. The monoisotopic (exact) mass is 454 g/mol. The Balaban J connectivity index is 1.61. The van der Waals surface area contributed by atoms with Crippen molar-refractivity contribution in [2.75, 3.05) is 0 Å². The van der Waals surface area contributed by atoms with E-state index < -0.39 is 11.6 Å². The Morgan fingerprint density at radius 1 is 0.909 bits per heavy atom. The molecule has 2 aromatic carbocycles. The summed E-state index contributed by atoms with van der Waals surface area (Å²) in [4.78, 5) is 0. The van der Waals surface area contributed by atoms with Gasteiger partial charge in [0.05, 0.1) is 0 Å². The molecule has 0 aliphatic heterocycles. The maximum atomic E-state index is 15.1. The fourth-order valence-electron chi connectivity index (χ4n) is 5.34. The summed E-state index contributed by atoms with van der Waals surface area (Å²) in [7, 11) is 0. The normalized spacial score (nSPS) is 17.6. The van der Waals surface area contributed by atoms with Crippen molar-refractivity contribution in [3.05, 3.63) is 69.8 Å². The Labute approximate surface area is 201 Å². The van der Waals surface area contributed by atoms with Crippen LogP contribution in [-0.2, 0) is 25.7 Å². The molecular weight excluding hydrogens is 410 g/mol. The van der Waals surface area contributed by atoms with Crippen LogP contribution in [0.25, 0.3) is 0 Å². The number of halogens is 2. The molecule has 0 heterocycles. The third kappa shape index (κ3) is 7.14. The molecule has 0 saturated heterocycles. The number of hydrogen-bond acceptors (Lipinski definition) is 0. The van der Waals surface area contributed by atoms with Gasteiger partial charge in [0.25, 0.3) is 0 Å². The minimum Gasteiger partial charge on any atom is -0.203 e. The van der Waals surface area contributed by atoms with Gasteiger partial charge in [-0.05, 0) is 84.1 Å². The average molecular weight is 455 g/mol. The van der Waals surface area contributed by atoms with E-state index >= 15 is 4.39 Å². The molecule has 2 aromatic rings. The molecule has 0 aromatic heterocycles. The van der Waals surface area contributed by atoms with Crippen LogP contribution >= 0.6 is 0 Å². The first-order valence-electron chi connectivity index (χ1n) is 13.5. The van der Waals surface area contributed by atoms with Gasteiger partial charge in [-0.25, -0.2) is 8.78 Å².